The van der Waals surface area contributed by atoms with Gasteiger partial charge >= 0.3 is 0 Å². The third kappa shape index (κ3) is 3.25. The minimum absolute atomic E-state index is 0.0573. The second kappa shape index (κ2) is 7.89. The van der Waals surface area contributed by atoms with Crippen molar-refractivity contribution in [2.75, 3.05) is 44.7 Å². The van der Waals surface area contributed by atoms with Crippen LogP contribution in [0.4, 0.5) is 5.82 Å². The zero-order valence-corrected chi connectivity index (χ0v) is 19.9. The van der Waals surface area contributed by atoms with Gasteiger partial charge in [0.25, 0.3) is 0 Å². The molecule has 3 aromatic rings. The lowest BCUT2D eigenvalue weighted by Crippen LogP contribution is -2.55. The molecule has 166 valence electrons. The molecular formula is C25H28BrN5O. The maximum absolute atomic E-state index is 13.6. The van der Waals surface area contributed by atoms with E-state index in [1.807, 2.05) is 24.4 Å². The molecule has 3 atom stereocenters. The maximum atomic E-state index is 13.6. The number of piperidine rings is 1. The van der Waals surface area contributed by atoms with E-state index in [2.05, 4.69) is 65.8 Å². The fraction of sp³-hybridized carbons (Fsp3) is 0.440. The van der Waals surface area contributed by atoms with Crippen molar-refractivity contribution < 1.29 is 4.79 Å². The van der Waals surface area contributed by atoms with E-state index in [-0.39, 0.29) is 5.92 Å². The van der Waals surface area contributed by atoms with Crippen molar-refractivity contribution in [1.82, 2.24) is 19.8 Å². The molecule has 0 unspecified atom stereocenters. The van der Waals surface area contributed by atoms with Crippen molar-refractivity contribution >= 4 is 38.6 Å². The average Bonchev–Trinajstić information content (AvgIpc) is 3.16. The summed E-state index contributed by atoms with van der Waals surface area (Å²) in [4.78, 5) is 28.3. The first-order valence-corrected chi connectivity index (χ1v) is 12.3. The number of anilines is 1. The van der Waals surface area contributed by atoms with Crippen LogP contribution in [0.25, 0.3) is 10.9 Å². The summed E-state index contributed by atoms with van der Waals surface area (Å²) >= 11 is 3.74. The normalized spacial score (nSPS) is 25.8. The number of piperazine rings is 1. The van der Waals surface area contributed by atoms with Gasteiger partial charge in [-0.2, -0.15) is 0 Å². The summed E-state index contributed by atoms with van der Waals surface area (Å²) in [5.74, 6) is 1.78. The molecule has 6 nitrogen and oxygen atoms in total. The number of carbonyl (C=O) groups is 1. The molecule has 0 saturated carbocycles. The van der Waals surface area contributed by atoms with Crippen LogP contribution < -0.4 is 4.90 Å². The Morgan fingerprint density at radius 1 is 1.12 bits per heavy atom. The lowest BCUT2D eigenvalue weighted by molar-refractivity contribution is -0.138. The predicted molar refractivity (Wildman–Crippen MR) is 130 cm³/mol. The summed E-state index contributed by atoms with van der Waals surface area (Å²) in [7, 11) is 2.20. The Morgan fingerprint density at radius 3 is 2.75 bits per heavy atom. The number of hydrogen-bond acceptors (Lipinski definition) is 4. The molecule has 0 spiro atoms. The molecule has 1 N–H and O–H groups in total. The molecule has 2 aliphatic heterocycles. The predicted octanol–water partition coefficient (Wildman–Crippen LogP) is 3.63. The van der Waals surface area contributed by atoms with Crippen LogP contribution in [0, 0.1) is 5.92 Å². The highest BCUT2D eigenvalue weighted by atomic mass is 79.9. The van der Waals surface area contributed by atoms with Gasteiger partial charge in [0.05, 0.1) is 10.5 Å². The van der Waals surface area contributed by atoms with Crippen LogP contribution in [0.1, 0.15) is 23.5 Å². The highest BCUT2D eigenvalue weighted by Gasteiger charge is 2.43. The van der Waals surface area contributed by atoms with E-state index in [0.29, 0.717) is 17.9 Å². The summed E-state index contributed by atoms with van der Waals surface area (Å²) in [6.45, 7) is 4.07. The summed E-state index contributed by atoms with van der Waals surface area (Å²) in [6, 6.07) is 13.0. The largest absolute Gasteiger partial charge is 0.353 e. The van der Waals surface area contributed by atoms with Crippen LogP contribution in [0.15, 0.2) is 47.2 Å². The average molecular weight is 494 g/mol. The van der Waals surface area contributed by atoms with Crippen LogP contribution in [0.5, 0.6) is 0 Å². The van der Waals surface area contributed by atoms with Gasteiger partial charge in [-0.15, -0.1) is 0 Å². The van der Waals surface area contributed by atoms with E-state index < -0.39 is 0 Å². The number of fused-ring (bicyclic) bond motifs is 2. The Kier molecular flexibility index (Phi) is 4.99. The van der Waals surface area contributed by atoms with Crippen LogP contribution in [0.3, 0.4) is 0 Å². The zero-order chi connectivity index (χ0) is 21.8. The number of hydrogen-bond donors (Lipinski definition) is 1. The Hall–Kier alpha value is -2.38. The second-order valence-electron chi connectivity index (χ2n) is 9.44. The highest BCUT2D eigenvalue weighted by molar-refractivity contribution is 9.10. The molecule has 2 fully saturated rings. The van der Waals surface area contributed by atoms with Crippen LogP contribution in [0.2, 0.25) is 0 Å². The lowest BCUT2D eigenvalue weighted by atomic mass is 9.72. The van der Waals surface area contributed by atoms with Crippen molar-refractivity contribution in [3.8, 4) is 0 Å². The standard InChI is InChI=1S/C25H28BrN5O/c1-29-15-16(25(32)31-11-9-30(10-12-31)22-7-2-3-8-27-22)13-18-17-5-4-6-20-23(17)19(14-21(18)29)24(26)28-20/h2-8,16,18,21,28H,9-15H2,1H3/t16-,18-,21-/m1/s1. The first-order valence-electron chi connectivity index (χ1n) is 11.5. The van der Waals surface area contributed by atoms with Gasteiger partial charge in [0.15, 0.2) is 0 Å². The van der Waals surface area contributed by atoms with Crippen molar-refractivity contribution in [3.63, 3.8) is 0 Å². The molecule has 3 aliphatic rings. The summed E-state index contributed by atoms with van der Waals surface area (Å²) in [5, 5.41) is 1.37. The molecular weight excluding hydrogens is 466 g/mol. The molecule has 2 aromatic heterocycles. The Morgan fingerprint density at radius 2 is 1.97 bits per heavy atom. The van der Waals surface area contributed by atoms with Gasteiger partial charge in [-0.1, -0.05) is 18.2 Å². The van der Waals surface area contributed by atoms with E-state index in [1.54, 1.807) is 0 Å². The van der Waals surface area contributed by atoms with Crippen LogP contribution in [-0.2, 0) is 11.2 Å². The number of benzene rings is 1. The molecule has 0 bridgehead atoms. The SMILES string of the molecule is CN1C[C@H](C(=O)N2CCN(c3ccccn3)CC2)C[C@@H]2c3cccc4[nH]c(Br)c(c34)C[C@H]21. The smallest absolute Gasteiger partial charge is 0.227 e. The molecule has 32 heavy (non-hydrogen) atoms. The minimum Gasteiger partial charge on any atom is -0.353 e. The molecule has 2 saturated heterocycles. The third-order valence-corrected chi connectivity index (χ3v) is 8.39. The maximum Gasteiger partial charge on any atom is 0.227 e. The number of pyridine rings is 1. The molecule has 1 aliphatic carbocycles. The van der Waals surface area contributed by atoms with Crippen molar-refractivity contribution in [1.29, 1.82) is 0 Å². The number of aromatic amines is 1. The van der Waals surface area contributed by atoms with Gasteiger partial charge in [-0.25, -0.2) is 4.98 Å². The van der Waals surface area contributed by atoms with Gasteiger partial charge in [0.1, 0.15) is 5.82 Å². The van der Waals surface area contributed by atoms with E-state index >= 15 is 0 Å². The summed E-state index contributed by atoms with van der Waals surface area (Å²) < 4.78 is 1.11. The minimum atomic E-state index is 0.0573. The van der Waals surface area contributed by atoms with Crippen LogP contribution in [-0.4, -0.2) is 71.5 Å². The fourth-order valence-electron chi connectivity index (χ4n) is 6.12. The van der Waals surface area contributed by atoms with E-state index in [9.17, 15) is 4.79 Å². The topological polar surface area (TPSA) is 55.5 Å². The number of carbonyl (C=O) groups excluding carboxylic acids is 1. The molecule has 7 heteroatoms. The monoisotopic (exact) mass is 493 g/mol. The number of rotatable bonds is 2. The molecule has 1 amide bonds. The highest BCUT2D eigenvalue weighted by Crippen LogP contribution is 2.46. The number of nitrogens with zero attached hydrogens (tertiary/aromatic N) is 4. The van der Waals surface area contributed by atoms with Crippen molar-refractivity contribution in [2.24, 2.45) is 5.92 Å². The molecule has 1 aromatic carbocycles. The Labute approximate surface area is 196 Å². The number of H-pyrrole nitrogens is 1. The number of aromatic nitrogens is 2. The molecule has 6 rings (SSSR count). The van der Waals surface area contributed by atoms with Gasteiger partial charge in [-0.3, -0.25) is 4.79 Å². The number of nitrogens with one attached hydrogen (secondary N) is 1. The van der Waals surface area contributed by atoms with Gasteiger partial charge in [-0.05, 0) is 65.1 Å². The van der Waals surface area contributed by atoms with Crippen molar-refractivity contribution in [3.05, 3.63) is 58.3 Å². The van der Waals surface area contributed by atoms with E-state index in [0.717, 1.165) is 56.0 Å². The van der Waals surface area contributed by atoms with E-state index in [1.165, 1.54) is 22.0 Å². The zero-order valence-electron chi connectivity index (χ0n) is 18.3. The summed E-state index contributed by atoms with van der Waals surface area (Å²) in [5.41, 5.74) is 3.99. The molecule has 0 radical (unpaired) electrons. The Bertz CT molecular complexity index is 1150. The van der Waals surface area contributed by atoms with E-state index in [4.69, 9.17) is 0 Å². The van der Waals surface area contributed by atoms with Gasteiger partial charge in [0, 0.05) is 61.8 Å². The summed E-state index contributed by atoms with van der Waals surface area (Å²) in [6.07, 6.45) is 3.80. The quantitative estimate of drug-likeness (QED) is 0.592. The first kappa shape index (κ1) is 20.2. The van der Waals surface area contributed by atoms with Crippen molar-refractivity contribution in [2.45, 2.75) is 24.8 Å². The Balaban J connectivity index is 1.20. The van der Waals surface area contributed by atoms with Crippen LogP contribution >= 0.6 is 15.9 Å². The lowest BCUT2D eigenvalue weighted by Gasteiger charge is -2.46. The van der Waals surface area contributed by atoms with Gasteiger partial charge in [0.2, 0.25) is 5.91 Å². The number of likely N-dealkylation sites (N-methyl/N-ethyl adjacent to an activating group) is 1. The third-order valence-electron chi connectivity index (χ3n) is 7.71. The first-order chi connectivity index (χ1) is 15.6. The number of likely N-dealkylation sites (tertiary alicyclic amines) is 1. The molecule has 4 heterocycles. The van der Waals surface area contributed by atoms with Gasteiger partial charge < -0.3 is 19.7 Å². The second-order valence-corrected chi connectivity index (χ2v) is 10.2. The fourth-order valence-corrected chi connectivity index (χ4v) is 6.69. The number of halogens is 1. The number of amides is 1.